The van der Waals surface area contributed by atoms with Crippen molar-refractivity contribution >= 4 is 15.5 Å². The zero-order valence-electron chi connectivity index (χ0n) is 8.00. The van der Waals surface area contributed by atoms with E-state index in [-0.39, 0.29) is 22.3 Å². The molecule has 0 aromatic heterocycles. The molecule has 0 fully saturated rings. The van der Waals surface area contributed by atoms with Crippen molar-refractivity contribution in [3.63, 3.8) is 0 Å². The maximum Gasteiger partial charge on any atom is 0.269 e. The lowest BCUT2D eigenvalue weighted by Crippen LogP contribution is -2.00. The lowest BCUT2D eigenvalue weighted by molar-refractivity contribution is -0.385. The minimum absolute atomic E-state index is 0.0451. The summed E-state index contributed by atoms with van der Waals surface area (Å²) in [5.74, 6) is -0.117. The average molecular weight is 227 g/mol. The number of benzene rings is 1. The molecule has 80 valence electrons. The molecule has 15 heavy (non-hydrogen) atoms. The maximum atomic E-state index is 11.6. The summed E-state index contributed by atoms with van der Waals surface area (Å²) in [5, 5.41) is 10.5. The van der Waals surface area contributed by atoms with E-state index in [9.17, 15) is 18.5 Å². The molecule has 0 N–H and O–H groups in total. The van der Waals surface area contributed by atoms with E-state index >= 15 is 0 Å². The zero-order chi connectivity index (χ0) is 11.2. The molecule has 1 heterocycles. The molecule has 1 unspecified atom stereocenters. The summed E-state index contributed by atoms with van der Waals surface area (Å²) in [6.07, 6.45) is 0. The van der Waals surface area contributed by atoms with Crippen LogP contribution in [0.15, 0.2) is 23.1 Å². The number of rotatable bonds is 1. The average Bonchev–Trinajstić information content (AvgIpc) is 2.37. The van der Waals surface area contributed by atoms with Gasteiger partial charge >= 0.3 is 0 Å². The van der Waals surface area contributed by atoms with Gasteiger partial charge < -0.3 is 0 Å². The Morgan fingerprint density at radius 1 is 1.47 bits per heavy atom. The number of sulfone groups is 1. The van der Waals surface area contributed by atoms with E-state index in [1.165, 1.54) is 18.2 Å². The van der Waals surface area contributed by atoms with Gasteiger partial charge in [0.15, 0.2) is 9.84 Å². The van der Waals surface area contributed by atoms with E-state index in [0.29, 0.717) is 5.56 Å². The first-order valence-corrected chi connectivity index (χ1v) is 6.08. The van der Waals surface area contributed by atoms with Crippen LogP contribution in [0.1, 0.15) is 18.4 Å². The van der Waals surface area contributed by atoms with Crippen LogP contribution in [0.3, 0.4) is 0 Å². The normalized spacial score (nSPS) is 22.3. The minimum atomic E-state index is -3.22. The van der Waals surface area contributed by atoms with Crippen LogP contribution in [0.5, 0.6) is 0 Å². The Morgan fingerprint density at radius 3 is 2.73 bits per heavy atom. The van der Waals surface area contributed by atoms with Crippen molar-refractivity contribution in [2.24, 2.45) is 0 Å². The number of fused-ring (bicyclic) bond motifs is 1. The van der Waals surface area contributed by atoms with Crippen LogP contribution in [-0.2, 0) is 9.84 Å². The van der Waals surface area contributed by atoms with Gasteiger partial charge in [0.05, 0.1) is 15.6 Å². The summed E-state index contributed by atoms with van der Waals surface area (Å²) >= 11 is 0. The van der Waals surface area contributed by atoms with Crippen molar-refractivity contribution in [3.8, 4) is 0 Å². The molecule has 6 heteroatoms. The Morgan fingerprint density at radius 2 is 2.13 bits per heavy atom. The molecule has 2 rings (SSSR count). The predicted molar refractivity (Wildman–Crippen MR) is 53.6 cm³/mol. The summed E-state index contributed by atoms with van der Waals surface area (Å²) in [7, 11) is -3.22. The van der Waals surface area contributed by atoms with Gasteiger partial charge in [0.25, 0.3) is 5.69 Å². The number of hydrogen-bond acceptors (Lipinski definition) is 4. The fourth-order valence-corrected chi connectivity index (χ4v) is 3.74. The Hall–Kier alpha value is -1.43. The van der Waals surface area contributed by atoms with Gasteiger partial charge in [0.1, 0.15) is 0 Å². The number of nitro groups is 1. The smallest absolute Gasteiger partial charge is 0.258 e. The zero-order valence-corrected chi connectivity index (χ0v) is 8.82. The van der Waals surface area contributed by atoms with Crippen LogP contribution in [-0.4, -0.2) is 19.1 Å². The molecule has 5 nitrogen and oxygen atoms in total. The monoisotopic (exact) mass is 227 g/mol. The molecule has 0 saturated carbocycles. The summed E-state index contributed by atoms with van der Waals surface area (Å²) in [6.45, 7) is 1.76. The molecule has 0 bridgehead atoms. The standard InChI is InChI=1S/C9H9NO4S/c1-6-5-15(13,14)9-3-2-7(10(11)12)4-8(6)9/h2-4,6H,5H2,1H3. The van der Waals surface area contributed by atoms with Crippen molar-refractivity contribution in [2.75, 3.05) is 5.75 Å². The minimum Gasteiger partial charge on any atom is -0.258 e. The van der Waals surface area contributed by atoms with Crippen LogP contribution in [0.2, 0.25) is 0 Å². The largest absolute Gasteiger partial charge is 0.269 e. The second-order valence-corrected chi connectivity index (χ2v) is 5.66. The maximum absolute atomic E-state index is 11.6. The van der Waals surface area contributed by atoms with Crippen LogP contribution >= 0.6 is 0 Å². The molecule has 1 aromatic carbocycles. The van der Waals surface area contributed by atoms with Gasteiger partial charge in [-0.15, -0.1) is 0 Å². The molecule has 0 spiro atoms. The van der Waals surface area contributed by atoms with Crippen LogP contribution < -0.4 is 0 Å². The molecule has 1 aromatic rings. The fourth-order valence-electron chi connectivity index (χ4n) is 1.83. The van der Waals surface area contributed by atoms with E-state index in [1.807, 2.05) is 0 Å². The van der Waals surface area contributed by atoms with Crippen molar-refractivity contribution in [1.29, 1.82) is 0 Å². The molecule has 0 amide bonds. The van der Waals surface area contributed by atoms with E-state index in [4.69, 9.17) is 0 Å². The Balaban J connectivity index is 2.66. The van der Waals surface area contributed by atoms with Gasteiger partial charge in [-0.3, -0.25) is 10.1 Å². The SMILES string of the molecule is CC1CS(=O)(=O)c2ccc([N+](=O)[O-])cc21. The summed E-state index contributed by atoms with van der Waals surface area (Å²) in [6, 6.07) is 3.91. The van der Waals surface area contributed by atoms with E-state index < -0.39 is 14.8 Å². The fraction of sp³-hybridized carbons (Fsp3) is 0.333. The second-order valence-electron chi connectivity index (χ2n) is 3.66. The third-order valence-electron chi connectivity index (χ3n) is 2.54. The molecular weight excluding hydrogens is 218 g/mol. The lowest BCUT2D eigenvalue weighted by Gasteiger charge is -2.00. The number of hydrogen-bond donors (Lipinski definition) is 0. The van der Waals surface area contributed by atoms with Gasteiger partial charge in [0, 0.05) is 12.1 Å². The highest BCUT2D eigenvalue weighted by molar-refractivity contribution is 7.91. The van der Waals surface area contributed by atoms with Crippen molar-refractivity contribution < 1.29 is 13.3 Å². The van der Waals surface area contributed by atoms with Gasteiger partial charge in [-0.05, 0) is 17.5 Å². The van der Waals surface area contributed by atoms with Crippen LogP contribution in [0.25, 0.3) is 0 Å². The molecule has 1 aliphatic rings. The Bertz CT molecular complexity index is 535. The summed E-state index contributed by atoms with van der Waals surface area (Å²) in [4.78, 5) is 10.2. The highest BCUT2D eigenvalue weighted by Gasteiger charge is 2.33. The summed E-state index contributed by atoms with van der Waals surface area (Å²) in [5.41, 5.74) is 0.502. The second kappa shape index (κ2) is 3.03. The Kier molecular flexibility index (Phi) is 2.04. The highest BCUT2D eigenvalue weighted by atomic mass is 32.2. The van der Waals surface area contributed by atoms with Crippen molar-refractivity contribution in [2.45, 2.75) is 17.7 Å². The van der Waals surface area contributed by atoms with Gasteiger partial charge in [-0.2, -0.15) is 0 Å². The third kappa shape index (κ3) is 1.50. The molecule has 1 aliphatic heterocycles. The van der Waals surface area contributed by atoms with Gasteiger partial charge in [-0.25, -0.2) is 8.42 Å². The highest BCUT2D eigenvalue weighted by Crippen LogP contribution is 2.36. The topological polar surface area (TPSA) is 77.3 Å². The molecular formula is C9H9NO4S. The van der Waals surface area contributed by atoms with Crippen LogP contribution in [0.4, 0.5) is 5.69 Å². The van der Waals surface area contributed by atoms with E-state index in [2.05, 4.69) is 0 Å². The third-order valence-corrected chi connectivity index (χ3v) is 4.52. The first-order valence-electron chi connectivity index (χ1n) is 4.43. The number of non-ortho nitro benzene ring substituents is 1. The van der Waals surface area contributed by atoms with Crippen LogP contribution in [0, 0.1) is 10.1 Å². The lowest BCUT2D eigenvalue weighted by atomic mass is 10.0. The predicted octanol–water partition coefficient (Wildman–Crippen LogP) is 1.49. The quantitative estimate of drug-likeness (QED) is 0.538. The summed E-state index contributed by atoms with van der Waals surface area (Å²) < 4.78 is 23.1. The van der Waals surface area contributed by atoms with Gasteiger partial charge in [-0.1, -0.05) is 6.92 Å². The van der Waals surface area contributed by atoms with Crippen molar-refractivity contribution in [3.05, 3.63) is 33.9 Å². The molecule has 1 atom stereocenters. The number of nitrogens with zero attached hydrogens (tertiary/aromatic N) is 1. The first kappa shape index (κ1) is 10.1. The van der Waals surface area contributed by atoms with Crippen molar-refractivity contribution in [1.82, 2.24) is 0 Å². The first-order chi connectivity index (χ1) is 6.92. The molecule has 0 radical (unpaired) electrons. The molecule has 0 saturated heterocycles. The Labute approximate surface area is 86.8 Å². The van der Waals surface area contributed by atoms with Gasteiger partial charge in [0.2, 0.25) is 0 Å². The number of nitro benzene ring substituents is 1. The molecule has 0 aliphatic carbocycles. The van der Waals surface area contributed by atoms with E-state index in [0.717, 1.165) is 0 Å². The van der Waals surface area contributed by atoms with E-state index in [1.54, 1.807) is 6.92 Å².